The van der Waals surface area contributed by atoms with E-state index < -0.39 is 0 Å². The predicted octanol–water partition coefficient (Wildman–Crippen LogP) is 4.07. The Balaban J connectivity index is 0.000000107. The van der Waals surface area contributed by atoms with Gasteiger partial charge in [0.25, 0.3) is 0 Å². The van der Waals surface area contributed by atoms with Crippen molar-refractivity contribution in [1.29, 1.82) is 0 Å². The summed E-state index contributed by atoms with van der Waals surface area (Å²) in [5.74, 6) is 0. The van der Waals surface area contributed by atoms with E-state index in [1.165, 1.54) is 38.5 Å². The first-order valence-electron chi connectivity index (χ1n) is 5.65. The van der Waals surface area contributed by atoms with Gasteiger partial charge in [-0.25, -0.2) is 0 Å². The Bertz CT molecular complexity index is 306. The summed E-state index contributed by atoms with van der Waals surface area (Å²) in [5, 5.41) is 0. The first-order chi connectivity index (χ1) is 6.90. The van der Waals surface area contributed by atoms with Crippen LogP contribution >= 0.6 is 0 Å². The average molecular weight is 287 g/mol. The first-order valence-corrected chi connectivity index (χ1v) is 5.65. The molecule has 4 aliphatic carbocycles. The van der Waals surface area contributed by atoms with Crippen LogP contribution in [0.3, 0.4) is 0 Å². The average Bonchev–Trinajstić information content (AvgIpc) is 3.01. The van der Waals surface area contributed by atoms with Gasteiger partial charge < -0.3 is 0 Å². The van der Waals surface area contributed by atoms with Crippen molar-refractivity contribution in [2.24, 2.45) is 0 Å². The van der Waals surface area contributed by atoms with Crippen LogP contribution in [0.15, 0.2) is 46.6 Å². The maximum atomic E-state index is 2.26. The number of rotatable bonds is 0. The van der Waals surface area contributed by atoms with Gasteiger partial charge in [0.2, 0.25) is 0 Å². The Morgan fingerprint density at radius 2 is 0.800 bits per heavy atom. The second kappa shape index (κ2) is 4.62. The summed E-state index contributed by atoms with van der Waals surface area (Å²) >= 11 is 0. The van der Waals surface area contributed by atoms with Gasteiger partial charge in [-0.1, -0.05) is 46.6 Å². The van der Waals surface area contributed by atoms with Crippen LogP contribution in [0.1, 0.15) is 38.5 Å². The van der Waals surface area contributed by atoms with Crippen LogP contribution in [-0.2, 0) is 19.5 Å². The van der Waals surface area contributed by atoms with Gasteiger partial charge in [-0.15, -0.1) is 0 Å². The van der Waals surface area contributed by atoms with E-state index in [0.717, 1.165) is 0 Å². The van der Waals surface area contributed by atoms with Crippen LogP contribution < -0.4 is 0 Å². The Morgan fingerprint density at radius 1 is 0.533 bits per heavy atom. The van der Waals surface area contributed by atoms with Crippen molar-refractivity contribution >= 4 is 0 Å². The molecule has 0 heterocycles. The monoisotopic (exact) mass is 287 g/mol. The second-order valence-electron chi connectivity index (χ2n) is 4.65. The number of hydrogen-bond acceptors (Lipinski definition) is 0. The fourth-order valence-corrected chi connectivity index (χ4v) is 2.62. The summed E-state index contributed by atoms with van der Waals surface area (Å²) in [4.78, 5) is 0. The van der Waals surface area contributed by atoms with Crippen LogP contribution in [-0.4, -0.2) is 0 Å². The maximum Gasteiger partial charge on any atom is 1.00 e. The van der Waals surface area contributed by atoms with E-state index in [0.29, 0.717) is 0 Å². The summed E-state index contributed by atoms with van der Waals surface area (Å²) in [6.07, 6.45) is 17.1. The van der Waals surface area contributed by atoms with Gasteiger partial charge in [0.05, 0.1) is 0 Å². The molecule has 4 aliphatic rings. The fourth-order valence-electron chi connectivity index (χ4n) is 2.62. The van der Waals surface area contributed by atoms with Crippen LogP contribution in [0.5, 0.6) is 0 Å². The molecule has 15 heavy (non-hydrogen) atoms. The summed E-state index contributed by atoms with van der Waals surface area (Å²) < 4.78 is 0. The van der Waals surface area contributed by atoms with Gasteiger partial charge in [-0.3, -0.25) is 0 Å². The molecule has 0 aromatic carbocycles. The van der Waals surface area contributed by atoms with Crippen molar-refractivity contribution in [3.63, 3.8) is 0 Å². The molecule has 0 aromatic heterocycles. The molecule has 0 atom stereocenters. The van der Waals surface area contributed by atoms with Gasteiger partial charge >= 0.3 is 19.5 Å². The summed E-state index contributed by atoms with van der Waals surface area (Å²) in [7, 11) is 0. The number of fused-ring (bicyclic) bond motifs is 4. The van der Waals surface area contributed by atoms with E-state index >= 15 is 0 Å². The molecule has 2 saturated carbocycles. The molecular weight excluding hydrogens is 271 g/mol. The molecule has 0 aromatic rings. The van der Waals surface area contributed by atoms with E-state index in [1.54, 1.807) is 22.3 Å². The molecule has 0 spiro atoms. The molecule has 1 heteroatoms. The van der Waals surface area contributed by atoms with Crippen LogP contribution in [0, 0.1) is 0 Å². The van der Waals surface area contributed by atoms with Gasteiger partial charge in [-0.2, -0.15) is 0 Å². The fraction of sp³-hybridized carbons (Fsp3) is 0.429. The summed E-state index contributed by atoms with van der Waals surface area (Å²) in [6, 6.07) is 0. The van der Waals surface area contributed by atoms with E-state index in [2.05, 4.69) is 24.3 Å². The second-order valence-corrected chi connectivity index (χ2v) is 4.65. The van der Waals surface area contributed by atoms with Gasteiger partial charge in [0.15, 0.2) is 0 Å². The van der Waals surface area contributed by atoms with E-state index in [9.17, 15) is 0 Å². The molecule has 2 fully saturated rings. The molecule has 0 N–H and O–H groups in total. The van der Waals surface area contributed by atoms with Crippen molar-refractivity contribution in [3.8, 4) is 0 Å². The zero-order chi connectivity index (χ0) is 9.38. The summed E-state index contributed by atoms with van der Waals surface area (Å²) in [5.41, 5.74) is 6.59. The van der Waals surface area contributed by atoms with Crippen molar-refractivity contribution in [1.82, 2.24) is 0 Å². The van der Waals surface area contributed by atoms with E-state index in [1.807, 2.05) is 0 Å². The third-order valence-electron chi connectivity index (χ3n) is 3.55. The van der Waals surface area contributed by atoms with Gasteiger partial charge in [0, 0.05) is 0 Å². The molecule has 0 nitrogen and oxygen atoms in total. The van der Waals surface area contributed by atoms with Crippen molar-refractivity contribution in [2.45, 2.75) is 38.5 Å². The van der Waals surface area contributed by atoms with Crippen LogP contribution in [0.25, 0.3) is 0 Å². The largest absolute Gasteiger partial charge is 1.00 e. The van der Waals surface area contributed by atoms with E-state index in [4.69, 9.17) is 0 Å². The topological polar surface area (TPSA) is 0 Å². The Labute approximate surface area is 105 Å². The number of allylic oxidation sites excluding steroid dienone is 8. The zero-order valence-electron chi connectivity index (χ0n) is 8.89. The molecule has 0 amide bonds. The van der Waals surface area contributed by atoms with Gasteiger partial charge in [-0.05, 0) is 38.5 Å². The molecule has 0 radical (unpaired) electrons. The van der Waals surface area contributed by atoms with Gasteiger partial charge in [0.1, 0.15) is 0 Å². The Hall–Kier alpha value is -0.417. The van der Waals surface area contributed by atoms with E-state index in [-0.39, 0.29) is 19.5 Å². The molecule has 80 valence electrons. The summed E-state index contributed by atoms with van der Waals surface area (Å²) in [6.45, 7) is 0. The Kier molecular flexibility index (Phi) is 3.41. The molecule has 4 bridgehead atoms. The molecular formula is C14H16Rh+. The first kappa shape index (κ1) is 11.1. The predicted molar refractivity (Wildman–Crippen MR) is 60.0 cm³/mol. The quantitative estimate of drug-likeness (QED) is 0.589. The SMILES string of the molecule is C1=C2CCC(=C1)C2.C1=C2CCC(=C1)C2.[Rh+]. The minimum atomic E-state index is 0. The minimum Gasteiger partial charge on any atom is -0.0658 e. The maximum absolute atomic E-state index is 2.26. The molecule has 0 unspecified atom stereocenters. The third kappa shape index (κ3) is 2.40. The third-order valence-corrected chi connectivity index (χ3v) is 3.55. The molecule has 4 rings (SSSR count). The van der Waals surface area contributed by atoms with Crippen LogP contribution in [0.2, 0.25) is 0 Å². The van der Waals surface area contributed by atoms with Crippen molar-refractivity contribution in [3.05, 3.63) is 46.6 Å². The standard InChI is InChI=1S/2C7H8.Rh/c2*1-2-7-4-3-6(1)5-7;/h2*1-2H,3-5H2;/q;;+1. The number of hydrogen-bond donors (Lipinski definition) is 0. The van der Waals surface area contributed by atoms with Crippen molar-refractivity contribution < 1.29 is 19.5 Å². The Morgan fingerprint density at radius 3 is 0.867 bits per heavy atom. The minimum absolute atomic E-state index is 0. The zero-order valence-corrected chi connectivity index (χ0v) is 10.5. The van der Waals surface area contributed by atoms with Crippen molar-refractivity contribution in [2.75, 3.05) is 0 Å². The molecule has 0 aliphatic heterocycles. The van der Waals surface area contributed by atoms with Crippen LogP contribution in [0.4, 0.5) is 0 Å². The molecule has 0 saturated heterocycles. The smallest absolute Gasteiger partial charge is 0.0658 e. The normalized spacial score (nSPS) is 23.5.